The number of nitrogens with zero attached hydrogens (tertiary/aromatic N) is 1. The Labute approximate surface area is 102 Å². The number of benzene rings is 1. The highest BCUT2D eigenvalue weighted by atomic mass is 16.1. The molecule has 0 spiro atoms. The Morgan fingerprint density at radius 1 is 1.24 bits per heavy atom. The van der Waals surface area contributed by atoms with E-state index in [2.05, 4.69) is 29.8 Å². The zero-order valence-electron chi connectivity index (χ0n) is 10.9. The second kappa shape index (κ2) is 4.02. The van der Waals surface area contributed by atoms with Crippen LogP contribution in [0.3, 0.4) is 0 Å². The molecule has 0 atom stereocenters. The maximum Gasteiger partial charge on any atom is 0.157 e. The van der Waals surface area contributed by atoms with Crippen LogP contribution in [0.5, 0.6) is 0 Å². The number of carbonyl (C=O) groups is 1. The van der Waals surface area contributed by atoms with Crippen molar-refractivity contribution in [1.29, 1.82) is 0 Å². The molecule has 0 aliphatic heterocycles. The van der Waals surface area contributed by atoms with Crippen molar-refractivity contribution in [2.75, 3.05) is 0 Å². The molecule has 2 heteroatoms. The van der Waals surface area contributed by atoms with Crippen LogP contribution in [0.4, 0.5) is 0 Å². The molecule has 0 aliphatic rings. The maximum absolute atomic E-state index is 12.1. The lowest BCUT2D eigenvalue weighted by atomic mass is 9.91. The van der Waals surface area contributed by atoms with Crippen molar-refractivity contribution >= 4 is 16.7 Å². The second-order valence-corrected chi connectivity index (χ2v) is 5.63. The Morgan fingerprint density at radius 3 is 2.53 bits per heavy atom. The summed E-state index contributed by atoms with van der Waals surface area (Å²) >= 11 is 0. The van der Waals surface area contributed by atoms with Crippen LogP contribution in [-0.2, 0) is 11.3 Å². The van der Waals surface area contributed by atoms with Gasteiger partial charge in [0.05, 0.1) is 6.54 Å². The van der Waals surface area contributed by atoms with E-state index < -0.39 is 0 Å². The van der Waals surface area contributed by atoms with Crippen molar-refractivity contribution in [1.82, 2.24) is 4.57 Å². The topological polar surface area (TPSA) is 22.0 Å². The molecule has 0 N–H and O–H groups in total. The van der Waals surface area contributed by atoms with Crippen molar-refractivity contribution in [2.45, 2.75) is 34.2 Å². The Hall–Kier alpha value is -1.57. The lowest BCUT2D eigenvalue weighted by Gasteiger charge is -2.17. The molecule has 0 saturated carbocycles. The van der Waals surface area contributed by atoms with Gasteiger partial charge in [-0.25, -0.2) is 0 Å². The third-order valence-corrected chi connectivity index (χ3v) is 3.14. The number of ketones is 1. The van der Waals surface area contributed by atoms with Crippen molar-refractivity contribution in [3.63, 3.8) is 0 Å². The van der Waals surface area contributed by atoms with Crippen molar-refractivity contribution in [2.24, 2.45) is 5.41 Å². The highest BCUT2D eigenvalue weighted by Crippen LogP contribution is 2.22. The first-order valence-electron chi connectivity index (χ1n) is 5.97. The van der Waals surface area contributed by atoms with E-state index in [1.54, 1.807) is 0 Å². The molecule has 2 nitrogen and oxygen atoms in total. The fourth-order valence-corrected chi connectivity index (χ4v) is 1.95. The zero-order valence-corrected chi connectivity index (χ0v) is 10.9. The van der Waals surface area contributed by atoms with Gasteiger partial charge in [-0.1, -0.05) is 39.0 Å². The summed E-state index contributed by atoms with van der Waals surface area (Å²) in [7, 11) is 0. The normalized spacial score (nSPS) is 12.0. The summed E-state index contributed by atoms with van der Waals surface area (Å²) in [4.78, 5) is 12.1. The summed E-state index contributed by atoms with van der Waals surface area (Å²) in [6.45, 7) is 8.44. The molecule has 0 saturated heterocycles. The number of fused-ring (bicyclic) bond motifs is 1. The minimum atomic E-state index is -0.278. The van der Waals surface area contributed by atoms with Crippen LogP contribution in [0.25, 0.3) is 10.9 Å². The van der Waals surface area contributed by atoms with Crippen molar-refractivity contribution < 1.29 is 4.79 Å². The highest BCUT2D eigenvalue weighted by Gasteiger charge is 2.21. The number of aromatic nitrogens is 1. The molecule has 0 bridgehead atoms. The predicted molar refractivity (Wildman–Crippen MR) is 71.1 cm³/mol. The summed E-state index contributed by atoms with van der Waals surface area (Å²) in [6.07, 6.45) is 2.06. The third kappa shape index (κ3) is 2.26. The van der Waals surface area contributed by atoms with Gasteiger partial charge in [0, 0.05) is 22.5 Å². The number of hydrogen-bond acceptors (Lipinski definition) is 1. The Kier molecular flexibility index (Phi) is 2.82. The Bertz CT molecular complexity index is 558. The molecule has 1 aromatic carbocycles. The quantitative estimate of drug-likeness (QED) is 0.771. The van der Waals surface area contributed by atoms with E-state index in [0.717, 1.165) is 5.52 Å². The van der Waals surface area contributed by atoms with E-state index in [0.29, 0.717) is 6.54 Å². The molecular weight excluding hydrogens is 210 g/mol. The van der Waals surface area contributed by atoms with Gasteiger partial charge in [0.1, 0.15) is 0 Å². The van der Waals surface area contributed by atoms with Gasteiger partial charge in [-0.05, 0) is 18.6 Å². The SMILES string of the molecule is Cc1cn(CC(=O)C(C)(C)C)c2ccccc12. The number of aryl methyl sites for hydroxylation is 1. The molecule has 0 radical (unpaired) electrons. The van der Waals surface area contributed by atoms with Crippen molar-refractivity contribution in [3.05, 3.63) is 36.0 Å². The minimum absolute atomic E-state index is 0.262. The van der Waals surface area contributed by atoms with Crippen LogP contribution in [0, 0.1) is 12.3 Å². The Balaban J connectivity index is 2.41. The van der Waals surface area contributed by atoms with Gasteiger partial charge >= 0.3 is 0 Å². The van der Waals surface area contributed by atoms with Crippen LogP contribution in [0.1, 0.15) is 26.3 Å². The van der Waals surface area contributed by atoms with E-state index in [1.165, 1.54) is 10.9 Å². The van der Waals surface area contributed by atoms with E-state index >= 15 is 0 Å². The van der Waals surface area contributed by atoms with Gasteiger partial charge < -0.3 is 4.57 Å². The molecule has 1 heterocycles. The van der Waals surface area contributed by atoms with Crippen LogP contribution in [0.15, 0.2) is 30.5 Å². The van der Waals surface area contributed by atoms with Crippen LogP contribution in [-0.4, -0.2) is 10.4 Å². The van der Waals surface area contributed by atoms with Gasteiger partial charge in [0.15, 0.2) is 5.78 Å². The van der Waals surface area contributed by atoms with E-state index in [4.69, 9.17) is 0 Å². The molecule has 0 amide bonds. The van der Waals surface area contributed by atoms with E-state index in [-0.39, 0.29) is 11.2 Å². The molecule has 0 aliphatic carbocycles. The van der Waals surface area contributed by atoms with Crippen molar-refractivity contribution in [3.8, 4) is 0 Å². The van der Waals surface area contributed by atoms with Crippen LogP contribution < -0.4 is 0 Å². The largest absolute Gasteiger partial charge is 0.340 e. The van der Waals surface area contributed by atoms with Crippen LogP contribution in [0.2, 0.25) is 0 Å². The fraction of sp³-hybridized carbons (Fsp3) is 0.400. The van der Waals surface area contributed by atoms with E-state index in [9.17, 15) is 4.79 Å². The molecule has 2 aromatic rings. The average Bonchev–Trinajstić information content (AvgIpc) is 2.56. The van der Waals surface area contributed by atoms with Gasteiger partial charge in [-0.15, -0.1) is 0 Å². The smallest absolute Gasteiger partial charge is 0.157 e. The van der Waals surface area contributed by atoms with E-state index in [1.807, 2.05) is 32.9 Å². The van der Waals surface area contributed by atoms with Gasteiger partial charge in [0.2, 0.25) is 0 Å². The third-order valence-electron chi connectivity index (χ3n) is 3.14. The first-order chi connectivity index (χ1) is 7.89. The van der Waals surface area contributed by atoms with Crippen LogP contribution >= 0.6 is 0 Å². The standard InChI is InChI=1S/C15H19NO/c1-11-9-16(10-14(17)15(2,3)4)13-8-6-5-7-12(11)13/h5-9H,10H2,1-4H3. The second-order valence-electron chi connectivity index (χ2n) is 5.63. The Morgan fingerprint density at radius 2 is 1.88 bits per heavy atom. The highest BCUT2D eigenvalue weighted by molar-refractivity contribution is 5.88. The first kappa shape index (κ1) is 11.9. The number of rotatable bonds is 2. The summed E-state index contributed by atoms with van der Waals surface area (Å²) in [6, 6.07) is 8.21. The molecule has 2 rings (SSSR count). The van der Waals surface area contributed by atoms with Gasteiger partial charge in [-0.2, -0.15) is 0 Å². The first-order valence-corrected chi connectivity index (χ1v) is 5.97. The molecule has 0 unspecified atom stereocenters. The number of hydrogen-bond donors (Lipinski definition) is 0. The summed E-state index contributed by atoms with van der Waals surface area (Å²) in [5.41, 5.74) is 2.09. The fourth-order valence-electron chi connectivity index (χ4n) is 1.95. The lowest BCUT2D eigenvalue weighted by molar-refractivity contribution is -0.126. The van der Waals surface area contributed by atoms with Gasteiger partial charge in [0.25, 0.3) is 0 Å². The monoisotopic (exact) mass is 229 g/mol. The molecule has 90 valence electrons. The average molecular weight is 229 g/mol. The summed E-state index contributed by atoms with van der Waals surface area (Å²) < 4.78 is 2.05. The summed E-state index contributed by atoms with van der Waals surface area (Å²) in [5.74, 6) is 0.262. The number of para-hydroxylation sites is 1. The zero-order chi connectivity index (χ0) is 12.6. The van der Waals surface area contributed by atoms with Gasteiger partial charge in [-0.3, -0.25) is 4.79 Å². The summed E-state index contributed by atoms with van der Waals surface area (Å²) in [5, 5.41) is 1.23. The molecule has 1 aromatic heterocycles. The molecule has 17 heavy (non-hydrogen) atoms. The number of carbonyl (C=O) groups excluding carboxylic acids is 1. The lowest BCUT2D eigenvalue weighted by Crippen LogP contribution is -2.24. The number of Topliss-reactive ketones (excluding diaryl/α,β-unsaturated/α-hetero) is 1. The predicted octanol–water partition coefficient (Wildman–Crippen LogP) is 3.56. The molecule has 0 fully saturated rings. The maximum atomic E-state index is 12.1. The minimum Gasteiger partial charge on any atom is -0.340 e. The molecular formula is C15H19NO.